The van der Waals surface area contributed by atoms with Crippen molar-refractivity contribution in [2.75, 3.05) is 31.6 Å². The summed E-state index contributed by atoms with van der Waals surface area (Å²) >= 11 is 18.5. The second-order valence-electron chi connectivity index (χ2n) is 6.08. The van der Waals surface area contributed by atoms with Gasteiger partial charge in [-0.3, -0.25) is 4.79 Å². The molecular formula is C18H17Cl3FN3O2. The average molecular weight is 433 g/mol. The second kappa shape index (κ2) is 8.61. The van der Waals surface area contributed by atoms with Gasteiger partial charge in [0.25, 0.3) is 5.91 Å². The number of rotatable bonds is 4. The maximum absolute atomic E-state index is 13.7. The van der Waals surface area contributed by atoms with Crippen LogP contribution in [0.15, 0.2) is 24.4 Å². The zero-order valence-electron chi connectivity index (χ0n) is 14.4. The normalized spacial score (nSPS) is 15.5. The number of ether oxygens (including phenoxy) is 1. The molecule has 144 valence electrons. The summed E-state index contributed by atoms with van der Waals surface area (Å²) in [6.07, 6.45) is 1.45. The molecule has 1 aliphatic rings. The zero-order valence-corrected chi connectivity index (χ0v) is 16.7. The van der Waals surface area contributed by atoms with Crippen molar-refractivity contribution in [2.24, 2.45) is 0 Å². The molecule has 3 rings (SSSR count). The number of nitrogens with zero attached hydrogens (tertiary/aromatic N) is 2. The van der Waals surface area contributed by atoms with Gasteiger partial charge in [-0.05, 0) is 25.1 Å². The summed E-state index contributed by atoms with van der Waals surface area (Å²) in [4.78, 5) is 18.4. The fourth-order valence-corrected chi connectivity index (χ4v) is 3.75. The Kier molecular flexibility index (Phi) is 6.42. The zero-order chi connectivity index (χ0) is 19.6. The number of benzene rings is 1. The van der Waals surface area contributed by atoms with Gasteiger partial charge in [0.2, 0.25) is 0 Å². The van der Waals surface area contributed by atoms with Crippen LogP contribution in [0.1, 0.15) is 28.9 Å². The molecule has 27 heavy (non-hydrogen) atoms. The average Bonchev–Trinajstić information content (AvgIpc) is 2.67. The predicted octanol–water partition coefficient (Wildman–Crippen LogP) is 4.83. The Morgan fingerprint density at radius 1 is 1.26 bits per heavy atom. The number of anilines is 1. The molecule has 1 unspecified atom stereocenters. The highest BCUT2D eigenvalue weighted by molar-refractivity contribution is 6.36. The van der Waals surface area contributed by atoms with Crippen LogP contribution < -0.4 is 5.32 Å². The number of amides is 1. The third-order valence-electron chi connectivity index (χ3n) is 4.25. The molecule has 1 saturated heterocycles. The van der Waals surface area contributed by atoms with Crippen LogP contribution in [0.2, 0.25) is 15.1 Å². The van der Waals surface area contributed by atoms with E-state index < -0.39 is 11.9 Å². The van der Waals surface area contributed by atoms with Crippen molar-refractivity contribution in [2.45, 2.75) is 13.0 Å². The van der Waals surface area contributed by atoms with Crippen molar-refractivity contribution in [1.29, 1.82) is 0 Å². The number of carbonyl (C=O) groups is 1. The van der Waals surface area contributed by atoms with Crippen molar-refractivity contribution >= 4 is 46.5 Å². The molecule has 1 aromatic heterocycles. The van der Waals surface area contributed by atoms with Gasteiger partial charge < -0.3 is 15.0 Å². The molecule has 2 heterocycles. The predicted molar refractivity (Wildman–Crippen MR) is 104 cm³/mol. The van der Waals surface area contributed by atoms with Crippen molar-refractivity contribution in [3.8, 4) is 0 Å². The number of pyridine rings is 1. The summed E-state index contributed by atoms with van der Waals surface area (Å²) in [5.74, 6) is -0.363. The number of nitrogens with one attached hydrogen (secondary N) is 1. The molecule has 9 heteroatoms. The Morgan fingerprint density at radius 3 is 2.63 bits per heavy atom. The van der Waals surface area contributed by atoms with Crippen molar-refractivity contribution < 1.29 is 13.9 Å². The summed E-state index contributed by atoms with van der Waals surface area (Å²) in [5, 5.41) is 3.60. The summed E-state index contributed by atoms with van der Waals surface area (Å²) < 4.78 is 19.0. The Balaban J connectivity index is 1.78. The summed E-state index contributed by atoms with van der Waals surface area (Å²) in [6.45, 7) is 3.85. The minimum atomic E-state index is -0.560. The number of carbonyl (C=O) groups excluding carboxylic acids is 1. The van der Waals surface area contributed by atoms with Crippen LogP contribution in [0, 0.1) is 5.82 Å². The SMILES string of the molecule is CC(Nc1ncc(C(=O)N2CCOCC2)cc1Cl)c1c(Cl)ccc(F)c1Cl. The van der Waals surface area contributed by atoms with Gasteiger partial charge >= 0.3 is 0 Å². The first-order valence-corrected chi connectivity index (χ1v) is 9.44. The lowest BCUT2D eigenvalue weighted by Crippen LogP contribution is -2.40. The van der Waals surface area contributed by atoms with E-state index in [0.717, 1.165) is 0 Å². The van der Waals surface area contributed by atoms with Crippen molar-refractivity contribution in [1.82, 2.24) is 9.88 Å². The van der Waals surface area contributed by atoms with Crippen LogP contribution in [0.4, 0.5) is 10.2 Å². The molecule has 0 spiro atoms. The van der Waals surface area contributed by atoms with Crippen molar-refractivity contribution in [3.63, 3.8) is 0 Å². The maximum Gasteiger partial charge on any atom is 0.255 e. The van der Waals surface area contributed by atoms with Gasteiger partial charge in [0.05, 0.1) is 34.9 Å². The van der Waals surface area contributed by atoms with Crippen LogP contribution in [0.5, 0.6) is 0 Å². The van der Waals surface area contributed by atoms with Crippen LogP contribution >= 0.6 is 34.8 Å². The number of hydrogen-bond donors (Lipinski definition) is 1. The molecule has 1 aliphatic heterocycles. The monoisotopic (exact) mass is 431 g/mol. The topological polar surface area (TPSA) is 54.5 Å². The maximum atomic E-state index is 13.7. The van der Waals surface area contributed by atoms with Gasteiger partial charge in [0.1, 0.15) is 11.6 Å². The van der Waals surface area contributed by atoms with Gasteiger partial charge in [-0.1, -0.05) is 34.8 Å². The van der Waals surface area contributed by atoms with E-state index in [1.807, 2.05) is 0 Å². The first-order valence-electron chi connectivity index (χ1n) is 8.31. The van der Waals surface area contributed by atoms with E-state index in [0.29, 0.717) is 48.3 Å². The Bertz CT molecular complexity index is 860. The third kappa shape index (κ3) is 4.46. The van der Waals surface area contributed by atoms with Crippen molar-refractivity contribution in [3.05, 3.63) is 56.4 Å². The van der Waals surface area contributed by atoms with Gasteiger partial charge in [-0.2, -0.15) is 0 Å². The molecule has 1 fully saturated rings. The van der Waals surface area contributed by atoms with Gasteiger partial charge in [0.15, 0.2) is 0 Å². The molecule has 0 saturated carbocycles. The second-order valence-corrected chi connectivity index (χ2v) is 7.27. The molecule has 1 atom stereocenters. The van der Waals surface area contributed by atoms with Crippen LogP contribution in [-0.4, -0.2) is 42.1 Å². The number of aromatic nitrogens is 1. The number of morpholine rings is 1. The van der Waals surface area contributed by atoms with E-state index in [-0.39, 0.29) is 16.0 Å². The highest BCUT2D eigenvalue weighted by atomic mass is 35.5. The third-order valence-corrected chi connectivity index (χ3v) is 5.25. The van der Waals surface area contributed by atoms with Crippen LogP contribution in [0.25, 0.3) is 0 Å². The van der Waals surface area contributed by atoms with Gasteiger partial charge in [0, 0.05) is 29.9 Å². The van der Waals surface area contributed by atoms with E-state index in [1.54, 1.807) is 17.9 Å². The molecule has 1 amide bonds. The standard InChI is InChI=1S/C18H17Cl3FN3O2/c1-10(15-12(19)2-3-14(22)16(15)21)24-17-13(20)8-11(9-23-17)18(26)25-4-6-27-7-5-25/h2-3,8-10H,4-7H2,1H3,(H,23,24). The lowest BCUT2D eigenvalue weighted by molar-refractivity contribution is 0.0302. The minimum Gasteiger partial charge on any atom is -0.378 e. The van der Waals surface area contributed by atoms with Gasteiger partial charge in [-0.15, -0.1) is 0 Å². The summed E-state index contributed by atoms with van der Waals surface area (Å²) in [7, 11) is 0. The highest BCUT2D eigenvalue weighted by Crippen LogP contribution is 2.35. The quantitative estimate of drug-likeness (QED) is 0.703. The Hall–Kier alpha value is -1.60. The van der Waals surface area contributed by atoms with E-state index in [2.05, 4.69) is 10.3 Å². The van der Waals surface area contributed by atoms with E-state index in [9.17, 15) is 9.18 Å². The van der Waals surface area contributed by atoms with E-state index in [1.165, 1.54) is 18.3 Å². The highest BCUT2D eigenvalue weighted by Gasteiger charge is 2.21. The number of hydrogen-bond acceptors (Lipinski definition) is 4. The molecular weight excluding hydrogens is 416 g/mol. The Labute approximate surface area is 171 Å². The minimum absolute atomic E-state index is 0.0577. The molecule has 5 nitrogen and oxygen atoms in total. The molecule has 0 bridgehead atoms. The van der Waals surface area contributed by atoms with E-state index in [4.69, 9.17) is 39.5 Å². The fourth-order valence-electron chi connectivity index (χ4n) is 2.83. The first-order chi connectivity index (χ1) is 12.9. The fraction of sp³-hybridized carbons (Fsp3) is 0.333. The smallest absolute Gasteiger partial charge is 0.255 e. The van der Waals surface area contributed by atoms with Crippen LogP contribution in [-0.2, 0) is 4.74 Å². The first kappa shape index (κ1) is 20.1. The molecule has 1 aromatic carbocycles. The summed E-state index contributed by atoms with van der Waals surface area (Å²) in [5.41, 5.74) is 0.798. The molecule has 0 radical (unpaired) electrons. The van der Waals surface area contributed by atoms with Crippen LogP contribution in [0.3, 0.4) is 0 Å². The van der Waals surface area contributed by atoms with E-state index >= 15 is 0 Å². The summed E-state index contributed by atoms with van der Waals surface area (Å²) in [6, 6.07) is 3.75. The lowest BCUT2D eigenvalue weighted by Gasteiger charge is -2.27. The Morgan fingerprint density at radius 2 is 1.96 bits per heavy atom. The largest absolute Gasteiger partial charge is 0.378 e. The lowest BCUT2D eigenvalue weighted by atomic mass is 10.1. The molecule has 2 aromatic rings. The number of halogens is 4. The van der Waals surface area contributed by atoms with Gasteiger partial charge in [-0.25, -0.2) is 9.37 Å². The molecule has 0 aliphatic carbocycles. The molecule has 1 N–H and O–H groups in total.